The predicted octanol–water partition coefficient (Wildman–Crippen LogP) is 2.59. The minimum Gasteiger partial charge on any atom is -0.336 e. The van der Waals surface area contributed by atoms with Crippen LogP contribution < -0.4 is 11.2 Å². The van der Waals surface area contributed by atoms with Crippen molar-refractivity contribution in [2.45, 2.75) is 31.8 Å². The summed E-state index contributed by atoms with van der Waals surface area (Å²) in [4.78, 5) is 12.0. The summed E-state index contributed by atoms with van der Waals surface area (Å²) < 4.78 is 2.60. The van der Waals surface area contributed by atoms with Crippen LogP contribution in [-0.2, 0) is 11.2 Å². The number of nitrogens with zero attached hydrogens (tertiary/aromatic N) is 3. The third-order valence-corrected chi connectivity index (χ3v) is 4.62. The molecular formula is C14H18IN5OS. The lowest BCUT2D eigenvalue weighted by molar-refractivity contribution is -0.113. The van der Waals surface area contributed by atoms with Crippen molar-refractivity contribution in [3.05, 3.63) is 33.2 Å². The standard InChI is InChI=1S/C14H18IN5OS/c1-3-4-12-18-19-14(20(12)16)22-8-13(21)17-11-6-5-10(15)7-9(11)2/h5-7H,3-4,8,16H2,1-2H3,(H,17,21). The minimum atomic E-state index is -0.0886. The van der Waals surface area contributed by atoms with Crippen LogP contribution >= 0.6 is 34.4 Å². The van der Waals surface area contributed by atoms with Gasteiger partial charge in [-0.05, 0) is 59.7 Å². The zero-order chi connectivity index (χ0) is 16.1. The largest absolute Gasteiger partial charge is 0.336 e. The van der Waals surface area contributed by atoms with E-state index < -0.39 is 0 Å². The first kappa shape index (κ1) is 17.1. The highest BCUT2D eigenvalue weighted by molar-refractivity contribution is 14.1. The van der Waals surface area contributed by atoms with E-state index in [-0.39, 0.29) is 11.7 Å². The van der Waals surface area contributed by atoms with Crippen molar-refractivity contribution in [3.8, 4) is 0 Å². The molecule has 2 rings (SSSR count). The highest BCUT2D eigenvalue weighted by Gasteiger charge is 2.12. The number of nitrogen functional groups attached to an aromatic ring is 1. The van der Waals surface area contributed by atoms with Crippen LogP contribution in [0, 0.1) is 10.5 Å². The summed E-state index contributed by atoms with van der Waals surface area (Å²) in [5, 5.41) is 11.5. The normalized spacial score (nSPS) is 10.7. The van der Waals surface area contributed by atoms with Crippen molar-refractivity contribution in [3.63, 3.8) is 0 Å². The van der Waals surface area contributed by atoms with Gasteiger partial charge in [-0.3, -0.25) is 4.79 Å². The van der Waals surface area contributed by atoms with Gasteiger partial charge in [0, 0.05) is 15.7 Å². The zero-order valence-electron chi connectivity index (χ0n) is 12.5. The topological polar surface area (TPSA) is 85.8 Å². The number of anilines is 1. The number of halogens is 1. The first-order valence-electron chi connectivity index (χ1n) is 6.89. The Kier molecular flexibility index (Phi) is 6.07. The summed E-state index contributed by atoms with van der Waals surface area (Å²) in [7, 11) is 0. The van der Waals surface area contributed by atoms with Crippen LogP contribution in [0.15, 0.2) is 23.4 Å². The molecule has 0 saturated carbocycles. The molecule has 0 aliphatic carbocycles. The van der Waals surface area contributed by atoms with Crippen molar-refractivity contribution in [2.75, 3.05) is 16.9 Å². The number of aryl methyl sites for hydroxylation is 2. The lowest BCUT2D eigenvalue weighted by atomic mass is 10.2. The van der Waals surface area contributed by atoms with Crippen molar-refractivity contribution in [1.82, 2.24) is 14.9 Å². The Hall–Kier alpha value is -1.29. The Labute approximate surface area is 147 Å². The first-order valence-corrected chi connectivity index (χ1v) is 8.96. The van der Waals surface area contributed by atoms with Crippen LogP contribution in [0.1, 0.15) is 24.7 Å². The molecule has 3 N–H and O–H groups in total. The molecule has 0 bridgehead atoms. The maximum Gasteiger partial charge on any atom is 0.234 e. The molecule has 1 amide bonds. The highest BCUT2D eigenvalue weighted by Crippen LogP contribution is 2.19. The predicted molar refractivity (Wildman–Crippen MR) is 97.4 cm³/mol. The summed E-state index contributed by atoms with van der Waals surface area (Å²) in [5.74, 6) is 6.80. The third kappa shape index (κ3) is 4.35. The van der Waals surface area contributed by atoms with Crippen LogP contribution in [0.2, 0.25) is 0 Å². The number of rotatable bonds is 6. The fourth-order valence-electron chi connectivity index (χ4n) is 1.88. The summed E-state index contributed by atoms with van der Waals surface area (Å²) in [5.41, 5.74) is 1.87. The van der Waals surface area contributed by atoms with Gasteiger partial charge in [0.05, 0.1) is 5.75 Å². The monoisotopic (exact) mass is 431 g/mol. The molecule has 0 spiro atoms. The molecule has 22 heavy (non-hydrogen) atoms. The highest BCUT2D eigenvalue weighted by atomic mass is 127. The van der Waals surface area contributed by atoms with E-state index in [1.807, 2.05) is 25.1 Å². The number of nitrogens with one attached hydrogen (secondary N) is 1. The Morgan fingerprint density at radius 3 is 2.91 bits per heavy atom. The average Bonchev–Trinajstić information content (AvgIpc) is 2.81. The van der Waals surface area contributed by atoms with Crippen molar-refractivity contribution < 1.29 is 4.79 Å². The van der Waals surface area contributed by atoms with Crippen molar-refractivity contribution >= 4 is 45.9 Å². The van der Waals surface area contributed by atoms with Crippen molar-refractivity contribution in [1.29, 1.82) is 0 Å². The lowest BCUT2D eigenvalue weighted by Gasteiger charge is -2.08. The smallest absolute Gasteiger partial charge is 0.234 e. The van der Waals surface area contributed by atoms with Gasteiger partial charge in [0.25, 0.3) is 0 Å². The summed E-state index contributed by atoms with van der Waals surface area (Å²) in [6, 6.07) is 5.89. The fourth-order valence-corrected chi connectivity index (χ4v) is 3.21. The lowest BCUT2D eigenvalue weighted by Crippen LogP contribution is -2.17. The zero-order valence-corrected chi connectivity index (χ0v) is 15.4. The Morgan fingerprint density at radius 1 is 1.45 bits per heavy atom. The van der Waals surface area contributed by atoms with E-state index in [0.29, 0.717) is 5.16 Å². The van der Waals surface area contributed by atoms with Gasteiger partial charge in [-0.15, -0.1) is 10.2 Å². The van der Waals surface area contributed by atoms with Gasteiger partial charge in [-0.1, -0.05) is 18.7 Å². The number of thioether (sulfide) groups is 1. The van der Waals surface area contributed by atoms with E-state index in [4.69, 9.17) is 5.84 Å². The Morgan fingerprint density at radius 2 is 2.23 bits per heavy atom. The molecule has 8 heteroatoms. The SMILES string of the molecule is CCCc1nnc(SCC(=O)Nc2ccc(I)cc2C)n1N. The van der Waals surface area contributed by atoms with E-state index >= 15 is 0 Å². The maximum absolute atomic E-state index is 12.0. The molecule has 1 aromatic heterocycles. The van der Waals surface area contributed by atoms with Crippen LogP contribution in [0.5, 0.6) is 0 Å². The number of carbonyl (C=O) groups is 1. The molecule has 1 heterocycles. The molecule has 0 radical (unpaired) electrons. The molecule has 0 saturated heterocycles. The second-order valence-corrected chi connectivity index (χ2v) is 7.00. The van der Waals surface area contributed by atoms with E-state index in [1.165, 1.54) is 16.4 Å². The molecule has 1 aromatic carbocycles. The second kappa shape index (κ2) is 7.82. The van der Waals surface area contributed by atoms with E-state index in [9.17, 15) is 4.79 Å². The molecule has 0 unspecified atom stereocenters. The van der Waals surface area contributed by atoms with Gasteiger partial charge in [0.1, 0.15) is 0 Å². The number of benzene rings is 1. The fraction of sp³-hybridized carbons (Fsp3) is 0.357. The summed E-state index contributed by atoms with van der Waals surface area (Å²) in [6.45, 7) is 4.02. The molecule has 2 aromatic rings. The van der Waals surface area contributed by atoms with Gasteiger partial charge >= 0.3 is 0 Å². The minimum absolute atomic E-state index is 0.0886. The van der Waals surface area contributed by atoms with Gasteiger partial charge in [0.2, 0.25) is 11.1 Å². The molecule has 0 aliphatic rings. The van der Waals surface area contributed by atoms with E-state index in [2.05, 4.69) is 45.0 Å². The molecule has 6 nitrogen and oxygen atoms in total. The molecule has 0 fully saturated rings. The Bertz CT molecular complexity index is 673. The van der Waals surface area contributed by atoms with E-state index in [0.717, 1.165) is 33.5 Å². The number of nitrogens with two attached hydrogens (primary N) is 1. The number of aromatic nitrogens is 3. The number of hydrogen-bond acceptors (Lipinski definition) is 5. The van der Waals surface area contributed by atoms with Gasteiger partial charge < -0.3 is 11.2 Å². The summed E-state index contributed by atoms with van der Waals surface area (Å²) >= 11 is 3.52. The van der Waals surface area contributed by atoms with Crippen LogP contribution in [0.3, 0.4) is 0 Å². The third-order valence-electron chi connectivity index (χ3n) is 3.00. The quantitative estimate of drug-likeness (QED) is 0.417. The number of carbonyl (C=O) groups excluding carboxylic acids is 1. The first-order chi connectivity index (χ1) is 10.5. The molecule has 0 atom stereocenters. The van der Waals surface area contributed by atoms with Crippen LogP contribution in [-0.4, -0.2) is 26.5 Å². The maximum atomic E-state index is 12.0. The van der Waals surface area contributed by atoms with Crippen LogP contribution in [0.4, 0.5) is 5.69 Å². The second-order valence-electron chi connectivity index (χ2n) is 4.81. The Balaban J connectivity index is 1.93. The van der Waals surface area contributed by atoms with Crippen LogP contribution in [0.25, 0.3) is 0 Å². The number of amides is 1. The van der Waals surface area contributed by atoms with Gasteiger partial charge in [-0.2, -0.15) is 0 Å². The number of hydrogen-bond donors (Lipinski definition) is 2. The summed E-state index contributed by atoms with van der Waals surface area (Å²) in [6.07, 6.45) is 1.73. The van der Waals surface area contributed by atoms with Gasteiger partial charge in [-0.25, -0.2) is 4.68 Å². The van der Waals surface area contributed by atoms with Crippen molar-refractivity contribution in [2.24, 2.45) is 0 Å². The average molecular weight is 431 g/mol. The molecule has 118 valence electrons. The van der Waals surface area contributed by atoms with E-state index in [1.54, 1.807) is 0 Å². The van der Waals surface area contributed by atoms with Gasteiger partial charge in [0.15, 0.2) is 5.82 Å². The molecular weight excluding hydrogens is 413 g/mol. The molecule has 0 aliphatic heterocycles.